The van der Waals surface area contributed by atoms with Crippen molar-refractivity contribution in [1.29, 1.82) is 0 Å². The molecule has 15 heavy (non-hydrogen) atoms. The van der Waals surface area contributed by atoms with Crippen molar-refractivity contribution in [2.75, 3.05) is 16.8 Å². The summed E-state index contributed by atoms with van der Waals surface area (Å²) < 4.78 is 5.10. The molecule has 0 fully saturated rings. The van der Waals surface area contributed by atoms with Crippen LogP contribution in [0.4, 0.5) is 23.5 Å². The average Bonchev–Trinajstić information content (AvgIpc) is 2.50. The summed E-state index contributed by atoms with van der Waals surface area (Å²) in [7, 11) is 0. The van der Waals surface area contributed by atoms with Gasteiger partial charge in [0.15, 0.2) is 0 Å². The SMILES string of the molecule is Cc1occc1Nc1nc(N)nc(N)n1. The second-order valence-corrected chi connectivity index (χ2v) is 2.89. The van der Waals surface area contributed by atoms with Crippen molar-refractivity contribution in [2.45, 2.75) is 6.92 Å². The lowest BCUT2D eigenvalue weighted by Crippen LogP contribution is -2.06. The van der Waals surface area contributed by atoms with Gasteiger partial charge in [0, 0.05) is 6.07 Å². The summed E-state index contributed by atoms with van der Waals surface area (Å²) in [6.45, 7) is 1.82. The van der Waals surface area contributed by atoms with Crippen molar-refractivity contribution < 1.29 is 4.42 Å². The van der Waals surface area contributed by atoms with Crippen molar-refractivity contribution in [3.8, 4) is 0 Å². The van der Waals surface area contributed by atoms with E-state index in [4.69, 9.17) is 15.9 Å². The molecule has 78 valence electrons. The van der Waals surface area contributed by atoms with E-state index in [1.807, 2.05) is 6.92 Å². The molecule has 7 nitrogen and oxygen atoms in total. The lowest BCUT2D eigenvalue weighted by Gasteiger charge is -2.03. The number of nitrogens with zero attached hydrogens (tertiary/aromatic N) is 3. The standard InChI is InChI=1S/C8H10N6O/c1-4-5(2-3-15-4)11-8-13-6(9)12-7(10)14-8/h2-3H,1H3,(H5,9,10,11,12,13,14). The van der Waals surface area contributed by atoms with Gasteiger partial charge in [-0.1, -0.05) is 0 Å². The number of nitrogens with one attached hydrogen (secondary N) is 1. The number of aryl methyl sites for hydroxylation is 1. The first-order chi connectivity index (χ1) is 7.15. The zero-order valence-electron chi connectivity index (χ0n) is 8.06. The number of hydrogen-bond donors (Lipinski definition) is 3. The van der Waals surface area contributed by atoms with Gasteiger partial charge in [-0.25, -0.2) is 0 Å². The normalized spacial score (nSPS) is 10.2. The van der Waals surface area contributed by atoms with Gasteiger partial charge in [0.2, 0.25) is 17.8 Å². The van der Waals surface area contributed by atoms with Crippen molar-refractivity contribution in [1.82, 2.24) is 15.0 Å². The zero-order valence-corrected chi connectivity index (χ0v) is 8.06. The van der Waals surface area contributed by atoms with E-state index in [-0.39, 0.29) is 11.9 Å². The van der Waals surface area contributed by atoms with Crippen LogP contribution in [0.25, 0.3) is 0 Å². The molecule has 0 aliphatic rings. The fourth-order valence-electron chi connectivity index (χ4n) is 1.10. The van der Waals surface area contributed by atoms with Crippen molar-refractivity contribution in [3.63, 3.8) is 0 Å². The first-order valence-electron chi connectivity index (χ1n) is 4.23. The van der Waals surface area contributed by atoms with Crippen LogP contribution < -0.4 is 16.8 Å². The van der Waals surface area contributed by atoms with E-state index in [0.717, 1.165) is 11.4 Å². The highest BCUT2D eigenvalue weighted by molar-refractivity contribution is 5.56. The van der Waals surface area contributed by atoms with E-state index in [0.29, 0.717) is 5.95 Å². The second kappa shape index (κ2) is 3.45. The van der Waals surface area contributed by atoms with E-state index in [1.165, 1.54) is 0 Å². The van der Waals surface area contributed by atoms with Crippen molar-refractivity contribution >= 4 is 23.5 Å². The van der Waals surface area contributed by atoms with Crippen LogP contribution in [0.2, 0.25) is 0 Å². The van der Waals surface area contributed by atoms with Gasteiger partial charge in [0.1, 0.15) is 5.76 Å². The maximum absolute atomic E-state index is 5.42. The molecule has 0 bridgehead atoms. The highest BCUT2D eigenvalue weighted by atomic mass is 16.3. The number of nitrogens with two attached hydrogens (primary N) is 2. The van der Waals surface area contributed by atoms with E-state index >= 15 is 0 Å². The average molecular weight is 206 g/mol. The maximum atomic E-state index is 5.42. The Hall–Kier alpha value is -2.31. The highest BCUT2D eigenvalue weighted by Crippen LogP contribution is 2.19. The van der Waals surface area contributed by atoms with Crippen LogP contribution in [0.15, 0.2) is 16.7 Å². The summed E-state index contributed by atoms with van der Waals surface area (Å²) in [5.41, 5.74) is 11.6. The highest BCUT2D eigenvalue weighted by Gasteiger charge is 2.05. The third-order valence-electron chi connectivity index (χ3n) is 1.78. The minimum atomic E-state index is 0.0751. The number of anilines is 4. The Morgan fingerprint density at radius 1 is 1.20 bits per heavy atom. The largest absolute Gasteiger partial charge is 0.467 e. The molecule has 0 saturated heterocycles. The maximum Gasteiger partial charge on any atom is 0.233 e. The molecule has 2 rings (SSSR count). The number of hydrogen-bond acceptors (Lipinski definition) is 7. The Balaban J connectivity index is 2.28. The molecule has 5 N–H and O–H groups in total. The molecule has 0 spiro atoms. The van der Waals surface area contributed by atoms with E-state index in [9.17, 15) is 0 Å². The summed E-state index contributed by atoms with van der Waals surface area (Å²) in [5.74, 6) is 1.18. The van der Waals surface area contributed by atoms with Crippen LogP contribution in [0.1, 0.15) is 5.76 Å². The lowest BCUT2D eigenvalue weighted by atomic mass is 10.4. The van der Waals surface area contributed by atoms with E-state index in [1.54, 1.807) is 12.3 Å². The molecule has 2 aromatic rings. The molecule has 0 atom stereocenters. The topological polar surface area (TPSA) is 116 Å². The summed E-state index contributed by atoms with van der Waals surface area (Å²) in [6.07, 6.45) is 1.56. The molecular formula is C8H10N6O. The van der Waals surface area contributed by atoms with Crippen LogP contribution in [0.5, 0.6) is 0 Å². The third kappa shape index (κ3) is 1.96. The minimum absolute atomic E-state index is 0.0751. The monoisotopic (exact) mass is 206 g/mol. The van der Waals surface area contributed by atoms with Crippen molar-refractivity contribution in [3.05, 3.63) is 18.1 Å². The van der Waals surface area contributed by atoms with Gasteiger partial charge in [-0.2, -0.15) is 15.0 Å². The van der Waals surface area contributed by atoms with Gasteiger partial charge in [-0.05, 0) is 6.92 Å². The summed E-state index contributed by atoms with van der Waals surface area (Å²) in [4.78, 5) is 11.4. The smallest absolute Gasteiger partial charge is 0.233 e. The Bertz CT molecular complexity index is 459. The Morgan fingerprint density at radius 3 is 2.40 bits per heavy atom. The van der Waals surface area contributed by atoms with Gasteiger partial charge < -0.3 is 21.2 Å². The summed E-state index contributed by atoms with van der Waals surface area (Å²) in [5, 5.41) is 2.92. The summed E-state index contributed by atoms with van der Waals surface area (Å²) in [6, 6.07) is 1.76. The van der Waals surface area contributed by atoms with Crippen LogP contribution in [-0.4, -0.2) is 15.0 Å². The second-order valence-electron chi connectivity index (χ2n) is 2.89. The number of rotatable bonds is 2. The molecule has 0 unspecified atom stereocenters. The van der Waals surface area contributed by atoms with Gasteiger partial charge in [-0.15, -0.1) is 0 Å². The van der Waals surface area contributed by atoms with Gasteiger partial charge in [-0.3, -0.25) is 0 Å². The van der Waals surface area contributed by atoms with E-state index < -0.39 is 0 Å². The predicted molar refractivity (Wildman–Crippen MR) is 55.4 cm³/mol. The minimum Gasteiger partial charge on any atom is -0.467 e. The zero-order chi connectivity index (χ0) is 10.8. The molecule has 0 aliphatic heterocycles. The Kier molecular flexibility index (Phi) is 2.13. The Labute approximate surface area is 85.5 Å². The van der Waals surface area contributed by atoms with Gasteiger partial charge >= 0.3 is 0 Å². The molecule has 0 radical (unpaired) electrons. The quantitative estimate of drug-likeness (QED) is 0.661. The predicted octanol–water partition coefficient (Wildman–Crippen LogP) is 0.681. The summed E-state index contributed by atoms with van der Waals surface area (Å²) >= 11 is 0. The van der Waals surface area contributed by atoms with Gasteiger partial charge in [0.25, 0.3) is 0 Å². The third-order valence-corrected chi connectivity index (χ3v) is 1.78. The van der Waals surface area contributed by atoms with Crippen LogP contribution in [0.3, 0.4) is 0 Å². The van der Waals surface area contributed by atoms with E-state index in [2.05, 4.69) is 20.3 Å². The first-order valence-corrected chi connectivity index (χ1v) is 4.23. The number of nitrogen functional groups attached to an aromatic ring is 2. The molecule has 7 heteroatoms. The van der Waals surface area contributed by atoms with Crippen LogP contribution >= 0.6 is 0 Å². The molecule has 2 aromatic heterocycles. The molecule has 2 heterocycles. The molecule has 0 aliphatic carbocycles. The van der Waals surface area contributed by atoms with Crippen molar-refractivity contribution in [2.24, 2.45) is 0 Å². The molecule has 0 amide bonds. The first kappa shape index (κ1) is 9.25. The molecule has 0 aromatic carbocycles. The number of aromatic nitrogens is 3. The fourth-order valence-corrected chi connectivity index (χ4v) is 1.10. The van der Waals surface area contributed by atoms with Gasteiger partial charge in [0.05, 0.1) is 12.0 Å². The Morgan fingerprint density at radius 2 is 1.87 bits per heavy atom. The molecule has 0 saturated carbocycles. The molecular weight excluding hydrogens is 196 g/mol. The number of furan rings is 1. The fraction of sp³-hybridized carbons (Fsp3) is 0.125. The lowest BCUT2D eigenvalue weighted by molar-refractivity contribution is 0.535. The van der Waals surface area contributed by atoms with Crippen LogP contribution in [0, 0.1) is 6.92 Å². The van der Waals surface area contributed by atoms with Crippen LogP contribution in [-0.2, 0) is 0 Å².